The Bertz CT molecular complexity index is 375. The Morgan fingerprint density at radius 3 is 3.07 bits per heavy atom. The van der Waals surface area contributed by atoms with Crippen molar-refractivity contribution >= 4 is 23.4 Å². The van der Waals surface area contributed by atoms with E-state index in [0.717, 1.165) is 17.8 Å². The summed E-state index contributed by atoms with van der Waals surface area (Å²) in [6, 6.07) is 7.71. The van der Waals surface area contributed by atoms with Gasteiger partial charge >= 0.3 is 0 Å². The van der Waals surface area contributed by atoms with Crippen LogP contribution in [0.25, 0.3) is 0 Å². The number of hydrogen-bond donors (Lipinski definition) is 0. The molecule has 0 amide bonds. The second-order valence-electron chi connectivity index (χ2n) is 3.06. The summed E-state index contributed by atoms with van der Waals surface area (Å²) in [7, 11) is 0. The summed E-state index contributed by atoms with van der Waals surface area (Å²) >= 11 is 1.55. The van der Waals surface area contributed by atoms with Crippen molar-refractivity contribution in [2.24, 2.45) is 0 Å². The van der Waals surface area contributed by atoms with E-state index in [9.17, 15) is 4.79 Å². The number of Topliss-reactive ketones (excluding diaryl/α,β-unsaturated/α-hetero) is 1. The van der Waals surface area contributed by atoms with Crippen molar-refractivity contribution in [2.75, 3.05) is 16.6 Å². The third kappa shape index (κ3) is 1.55. The van der Waals surface area contributed by atoms with Crippen LogP contribution in [0.1, 0.15) is 10.4 Å². The van der Waals surface area contributed by atoms with Crippen LogP contribution in [-0.2, 0) is 0 Å². The van der Waals surface area contributed by atoms with Gasteiger partial charge in [0, 0.05) is 12.1 Å². The van der Waals surface area contributed by atoms with E-state index in [1.807, 2.05) is 30.3 Å². The molecule has 14 heavy (non-hydrogen) atoms. The molecule has 1 aliphatic heterocycles. The summed E-state index contributed by atoms with van der Waals surface area (Å²) < 4.78 is 2.10. The molecule has 0 radical (unpaired) electrons. The molecule has 1 heterocycles. The van der Waals surface area contributed by atoms with Gasteiger partial charge in [-0.1, -0.05) is 18.2 Å². The van der Waals surface area contributed by atoms with Crippen LogP contribution in [-0.4, -0.2) is 18.1 Å². The zero-order valence-corrected chi connectivity index (χ0v) is 8.59. The maximum Gasteiger partial charge on any atom is 0.176 e. The summed E-state index contributed by atoms with van der Waals surface area (Å²) in [5.41, 5.74) is 1.83. The Morgan fingerprint density at radius 1 is 1.50 bits per heavy atom. The smallest absolute Gasteiger partial charge is 0.176 e. The van der Waals surface area contributed by atoms with Crippen molar-refractivity contribution in [3.05, 3.63) is 42.5 Å². The molecule has 72 valence electrons. The van der Waals surface area contributed by atoms with Crippen molar-refractivity contribution in [3.8, 4) is 0 Å². The molecule has 0 saturated carbocycles. The van der Waals surface area contributed by atoms with Crippen molar-refractivity contribution in [2.45, 2.75) is 0 Å². The Morgan fingerprint density at radius 2 is 2.29 bits per heavy atom. The van der Waals surface area contributed by atoms with Crippen molar-refractivity contribution in [1.29, 1.82) is 0 Å². The van der Waals surface area contributed by atoms with Crippen molar-refractivity contribution in [1.82, 2.24) is 0 Å². The number of fused-ring (bicyclic) bond motifs is 1. The number of hydrogen-bond acceptors (Lipinski definition) is 3. The first-order valence-corrected chi connectivity index (χ1v) is 5.41. The Kier molecular flexibility index (Phi) is 2.59. The lowest BCUT2D eigenvalue weighted by Gasteiger charge is -2.27. The number of nitrogens with zero attached hydrogens (tertiary/aromatic N) is 1. The molecule has 2 rings (SSSR count). The van der Waals surface area contributed by atoms with Crippen LogP contribution >= 0.6 is 11.9 Å². The maximum atomic E-state index is 11.6. The van der Waals surface area contributed by atoms with Gasteiger partial charge in [-0.3, -0.25) is 4.79 Å². The summed E-state index contributed by atoms with van der Waals surface area (Å²) in [5, 5.41) is 0. The first kappa shape index (κ1) is 9.34. The topological polar surface area (TPSA) is 20.3 Å². The minimum Gasteiger partial charge on any atom is -0.311 e. The molecular formula is C11H11NOS. The van der Waals surface area contributed by atoms with E-state index in [1.54, 1.807) is 11.9 Å². The normalized spacial score (nSPS) is 15.1. The van der Waals surface area contributed by atoms with Crippen LogP contribution in [0.5, 0.6) is 0 Å². The van der Waals surface area contributed by atoms with Gasteiger partial charge in [-0.15, -0.1) is 6.58 Å². The second kappa shape index (κ2) is 3.88. The van der Waals surface area contributed by atoms with Gasteiger partial charge in [-0.05, 0) is 24.1 Å². The van der Waals surface area contributed by atoms with Crippen LogP contribution in [0, 0.1) is 0 Å². The van der Waals surface area contributed by atoms with Crippen molar-refractivity contribution < 1.29 is 4.79 Å². The Hall–Kier alpha value is -1.22. The highest BCUT2D eigenvalue weighted by atomic mass is 32.2. The number of ketones is 1. The molecule has 0 aliphatic carbocycles. The van der Waals surface area contributed by atoms with Crippen LogP contribution < -0.4 is 4.31 Å². The van der Waals surface area contributed by atoms with Gasteiger partial charge in [-0.25, -0.2) is 0 Å². The van der Waals surface area contributed by atoms with E-state index in [-0.39, 0.29) is 5.78 Å². The minimum atomic E-state index is 0.214. The van der Waals surface area contributed by atoms with Crippen LogP contribution in [0.4, 0.5) is 5.69 Å². The molecule has 2 nitrogen and oxygen atoms in total. The molecule has 0 atom stereocenters. The quantitative estimate of drug-likeness (QED) is 0.546. The SMILES string of the molecule is C=CCN1SCC(=O)c2ccccc21. The number of para-hydroxylation sites is 1. The first-order valence-electron chi connectivity index (χ1n) is 4.46. The third-order valence-corrected chi connectivity index (χ3v) is 3.17. The van der Waals surface area contributed by atoms with Crippen LogP contribution in [0.15, 0.2) is 36.9 Å². The molecule has 0 unspecified atom stereocenters. The summed E-state index contributed by atoms with van der Waals surface area (Å²) in [4.78, 5) is 11.6. The fraction of sp³-hybridized carbons (Fsp3) is 0.182. The highest BCUT2D eigenvalue weighted by molar-refractivity contribution is 8.01. The maximum absolute atomic E-state index is 11.6. The van der Waals surface area contributed by atoms with Gasteiger partial charge < -0.3 is 4.31 Å². The first-order chi connectivity index (χ1) is 6.83. The lowest BCUT2D eigenvalue weighted by molar-refractivity contribution is 0.102. The predicted octanol–water partition coefficient (Wildman–Crippen LogP) is 2.52. The molecule has 0 N–H and O–H groups in total. The molecule has 1 aliphatic rings. The third-order valence-electron chi connectivity index (χ3n) is 2.12. The van der Waals surface area contributed by atoms with E-state index in [1.165, 1.54) is 0 Å². The van der Waals surface area contributed by atoms with E-state index in [4.69, 9.17) is 0 Å². The zero-order chi connectivity index (χ0) is 9.97. The highest BCUT2D eigenvalue weighted by Crippen LogP contribution is 2.32. The molecule has 1 aromatic carbocycles. The molecular weight excluding hydrogens is 194 g/mol. The molecule has 0 aromatic heterocycles. The zero-order valence-electron chi connectivity index (χ0n) is 7.77. The lowest BCUT2D eigenvalue weighted by atomic mass is 10.1. The van der Waals surface area contributed by atoms with Gasteiger partial charge in [-0.2, -0.15) is 0 Å². The van der Waals surface area contributed by atoms with Gasteiger partial charge in [0.25, 0.3) is 0 Å². The standard InChI is InChI=1S/C11H11NOS/c1-2-7-12-10-6-4-3-5-9(10)11(13)8-14-12/h2-6H,1,7-8H2. The fourth-order valence-electron chi connectivity index (χ4n) is 1.48. The largest absolute Gasteiger partial charge is 0.311 e. The summed E-state index contributed by atoms with van der Waals surface area (Å²) in [6.45, 7) is 4.48. The van der Waals surface area contributed by atoms with Crippen molar-refractivity contribution in [3.63, 3.8) is 0 Å². The summed E-state index contributed by atoms with van der Waals surface area (Å²) in [5.74, 6) is 0.746. The second-order valence-corrected chi connectivity index (χ2v) is 4.05. The Balaban J connectivity index is 2.41. The summed E-state index contributed by atoms with van der Waals surface area (Å²) in [6.07, 6.45) is 1.85. The lowest BCUT2D eigenvalue weighted by Crippen LogP contribution is -2.24. The molecule has 0 fully saturated rings. The number of carbonyl (C=O) groups excluding carboxylic acids is 1. The van der Waals surface area contributed by atoms with Crippen LogP contribution in [0.3, 0.4) is 0 Å². The van der Waals surface area contributed by atoms with E-state index < -0.39 is 0 Å². The number of benzene rings is 1. The van der Waals surface area contributed by atoms with E-state index in [2.05, 4.69) is 10.9 Å². The van der Waals surface area contributed by atoms with Gasteiger partial charge in [0.05, 0.1) is 11.4 Å². The number of anilines is 1. The van der Waals surface area contributed by atoms with Crippen LogP contribution in [0.2, 0.25) is 0 Å². The Labute approximate surface area is 87.7 Å². The van der Waals surface area contributed by atoms with E-state index >= 15 is 0 Å². The molecule has 3 heteroatoms. The molecule has 1 aromatic rings. The van der Waals surface area contributed by atoms with Gasteiger partial charge in [0.1, 0.15) is 0 Å². The number of rotatable bonds is 2. The van der Waals surface area contributed by atoms with Gasteiger partial charge in [0.2, 0.25) is 0 Å². The van der Waals surface area contributed by atoms with E-state index in [0.29, 0.717) is 5.75 Å². The molecule has 0 spiro atoms. The van der Waals surface area contributed by atoms with Gasteiger partial charge in [0.15, 0.2) is 5.78 Å². The fourth-order valence-corrected chi connectivity index (χ4v) is 2.42. The average Bonchev–Trinajstić information content (AvgIpc) is 2.23. The molecule has 0 bridgehead atoms. The predicted molar refractivity (Wildman–Crippen MR) is 60.8 cm³/mol. The minimum absolute atomic E-state index is 0.214. The molecule has 0 saturated heterocycles. The highest BCUT2D eigenvalue weighted by Gasteiger charge is 2.21. The monoisotopic (exact) mass is 205 g/mol. The number of carbonyl (C=O) groups is 1. The average molecular weight is 205 g/mol.